The fourth-order valence-corrected chi connectivity index (χ4v) is 3.05. The number of nitrogens with one attached hydrogen (secondary N) is 1. The first-order valence-electron chi connectivity index (χ1n) is 9.01. The molecule has 4 aromatic rings. The molecule has 0 aliphatic heterocycles. The van der Waals surface area contributed by atoms with Gasteiger partial charge >= 0.3 is 0 Å². The van der Waals surface area contributed by atoms with Gasteiger partial charge in [-0.3, -0.25) is 9.36 Å². The van der Waals surface area contributed by atoms with Crippen LogP contribution in [0.25, 0.3) is 10.9 Å². The highest BCUT2D eigenvalue weighted by molar-refractivity contribution is 5.80. The Balaban J connectivity index is 1.60. The molecule has 0 aliphatic rings. The van der Waals surface area contributed by atoms with Crippen LogP contribution in [0.5, 0.6) is 0 Å². The fraction of sp³-hybridized carbons (Fsp3) is 0.200. The number of nitrogens with zero attached hydrogens (tertiary/aromatic N) is 6. The van der Waals surface area contributed by atoms with Crippen molar-refractivity contribution in [2.45, 2.75) is 26.1 Å². The van der Waals surface area contributed by atoms with Crippen LogP contribution in [0.15, 0.2) is 48.9 Å². The normalized spacial score (nSPS) is 12.1. The van der Waals surface area contributed by atoms with E-state index in [2.05, 4.69) is 20.5 Å². The van der Waals surface area contributed by atoms with Crippen LogP contribution in [-0.2, 0) is 13.1 Å². The van der Waals surface area contributed by atoms with Gasteiger partial charge in [-0.25, -0.2) is 9.37 Å². The Bertz CT molecular complexity index is 1210. The summed E-state index contributed by atoms with van der Waals surface area (Å²) in [4.78, 5) is 4.36. The summed E-state index contributed by atoms with van der Waals surface area (Å²) in [5.41, 5.74) is 1.17. The number of rotatable bonds is 6. The summed E-state index contributed by atoms with van der Waals surface area (Å²) in [5.74, 6) is 0.624. The van der Waals surface area contributed by atoms with E-state index in [4.69, 9.17) is 5.26 Å². The molecule has 8 nitrogen and oxygen atoms in total. The first-order valence-corrected chi connectivity index (χ1v) is 9.01. The number of aliphatic hydroxyl groups excluding tert-OH is 1. The Hall–Kier alpha value is -3.77. The molecule has 9 heteroatoms. The quantitative estimate of drug-likeness (QED) is 0.524. The standard InChI is InChI=1S/C20H18FN7O/c1-13(29)11-27-6-5-18(26-27)25-19-7-17-16(9-23-19)10-24-28(17)12-15-4-2-3-14(8-22)20(15)21/h2-7,9-10,13,29H,11-12H2,1H3,(H,23,25,26). The van der Waals surface area contributed by atoms with Crippen molar-refractivity contribution in [3.05, 3.63) is 65.9 Å². The van der Waals surface area contributed by atoms with Gasteiger partial charge in [0.2, 0.25) is 0 Å². The number of halogens is 1. The molecule has 0 fully saturated rings. The Labute approximate surface area is 165 Å². The first-order chi connectivity index (χ1) is 14.0. The van der Waals surface area contributed by atoms with Crippen LogP contribution in [0.2, 0.25) is 0 Å². The number of aromatic nitrogens is 5. The monoisotopic (exact) mass is 391 g/mol. The molecular weight excluding hydrogens is 373 g/mol. The third-order valence-corrected chi connectivity index (χ3v) is 4.39. The second-order valence-corrected chi connectivity index (χ2v) is 6.72. The van der Waals surface area contributed by atoms with Gasteiger partial charge in [-0.1, -0.05) is 12.1 Å². The van der Waals surface area contributed by atoms with Gasteiger partial charge in [-0.05, 0) is 13.0 Å². The van der Waals surface area contributed by atoms with Crippen molar-refractivity contribution in [2.24, 2.45) is 0 Å². The van der Waals surface area contributed by atoms with Gasteiger partial charge in [0.1, 0.15) is 17.7 Å². The highest BCUT2D eigenvalue weighted by atomic mass is 19.1. The summed E-state index contributed by atoms with van der Waals surface area (Å²) in [5, 5.41) is 31.1. The van der Waals surface area contributed by atoms with Gasteiger partial charge in [-0.15, -0.1) is 0 Å². The summed E-state index contributed by atoms with van der Waals surface area (Å²) in [6.07, 6.45) is 4.61. The largest absolute Gasteiger partial charge is 0.391 e. The Morgan fingerprint density at radius 1 is 1.28 bits per heavy atom. The number of hydrogen-bond donors (Lipinski definition) is 2. The summed E-state index contributed by atoms with van der Waals surface area (Å²) in [6.45, 7) is 2.28. The number of aliphatic hydroxyl groups is 1. The minimum Gasteiger partial charge on any atom is -0.391 e. The molecule has 1 atom stereocenters. The lowest BCUT2D eigenvalue weighted by Gasteiger charge is -2.08. The predicted octanol–water partition coefficient (Wildman–Crippen LogP) is 2.81. The molecular formula is C20H18FN7O. The molecule has 1 aromatic carbocycles. The van der Waals surface area contributed by atoms with E-state index < -0.39 is 11.9 Å². The Kier molecular flexibility index (Phi) is 4.93. The Morgan fingerprint density at radius 2 is 2.14 bits per heavy atom. The lowest BCUT2D eigenvalue weighted by atomic mass is 10.1. The number of anilines is 2. The summed E-state index contributed by atoms with van der Waals surface area (Å²) < 4.78 is 17.7. The van der Waals surface area contributed by atoms with E-state index in [0.29, 0.717) is 23.7 Å². The number of nitriles is 1. The molecule has 0 saturated heterocycles. The van der Waals surface area contributed by atoms with Gasteiger partial charge in [-0.2, -0.15) is 15.5 Å². The molecule has 2 N–H and O–H groups in total. The number of benzene rings is 1. The third kappa shape index (κ3) is 3.93. The SMILES string of the molecule is CC(O)Cn1ccc(Nc2cc3c(cn2)cnn3Cc2cccc(C#N)c2F)n1. The third-order valence-electron chi connectivity index (χ3n) is 4.39. The highest BCUT2D eigenvalue weighted by Gasteiger charge is 2.12. The van der Waals surface area contributed by atoms with E-state index in [1.165, 1.54) is 6.07 Å². The van der Waals surface area contributed by atoms with Gasteiger partial charge < -0.3 is 10.4 Å². The second kappa shape index (κ2) is 7.69. The lowest BCUT2D eigenvalue weighted by molar-refractivity contribution is 0.168. The highest BCUT2D eigenvalue weighted by Crippen LogP contribution is 2.21. The predicted molar refractivity (Wildman–Crippen MR) is 105 cm³/mol. The first kappa shape index (κ1) is 18.6. The maximum absolute atomic E-state index is 14.4. The van der Waals surface area contributed by atoms with E-state index in [1.54, 1.807) is 53.1 Å². The van der Waals surface area contributed by atoms with Crippen LogP contribution in [0.3, 0.4) is 0 Å². The molecule has 3 aromatic heterocycles. The Morgan fingerprint density at radius 3 is 2.93 bits per heavy atom. The average molecular weight is 391 g/mol. The van der Waals surface area contributed by atoms with Crippen molar-refractivity contribution >= 4 is 22.5 Å². The van der Waals surface area contributed by atoms with Crippen molar-refractivity contribution in [2.75, 3.05) is 5.32 Å². The zero-order valence-electron chi connectivity index (χ0n) is 15.6. The number of hydrogen-bond acceptors (Lipinski definition) is 6. The van der Waals surface area contributed by atoms with E-state index in [9.17, 15) is 9.50 Å². The smallest absolute Gasteiger partial charge is 0.153 e. The summed E-state index contributed by atoms with van der Waals surface area (Å²) in [6, 6.07) is 10.2. The van der Waals surface area contributed by atoms with Crippen LogP contribution >= 0.6 is 0 Å². The van der Waals surface area contributed by atoms with Gasteiger partial charge in [0, 0.05) is 35.5 Å². The maximum atomic E-state index is 14.4. The van der Waals surface area contributed by atoms with Crippen molar-refractivity contribution in [1.82, 2.24) is 24.5 Å². The van der Waals surface area contributed by atoms with Crippen LogP contribution in [0, 0.1) is 17.1 Å². The van der Waals surface area contributed by atoms with Crippen LogP contribution in [0.4, 0.5) is 16.0 Å². The van der Waals surface area contributed by atoms with Crippen molar-refractivity contribution in [3.63, 3.8) is 0 Å². The number of fused-ring (bicyclic) bond motifs is 1. The van der Waals surface area contributed by atoms with E-state index in [-0.39, 0.29) is 12.1 Å². The minimum atomic E-state index is -0.533. The van der Waals surface area contributed by atoms with Crippen LogP contribution < -0.4 is 5.32 Å². The van der Waals surface area contributed by atoms with E-state index >= 15 is 0 Å². The molecule has 1 unspecified atom stereocenters. The van der Waals surface area contributed by atoms with Crippen LogP contribution in [-0.4, -0.2) is 35.8 Å². The molecule has 3 heterocycles. The second-order valence-electron chi connectivity index (χ2n) is 6.72. The lowest BCUT2D eigenvalue weighted by Crippen LogP contribution is -2.12. The molecule has 146 valence electrons. The van der Waals surface area contributed by atoms with Crippen molar-refractivity contribution in [3.8, 4) is 6.07 Å². The van der Waals surface area contributed by atoms with Gasteiger partial charge in [0.15, 0.2) is 5.82 Å². The minimum absolute atomic E-state index is 0.00997. The molecule has 0 bridgehead atoms. The summed E-state index contributed by atoms with van der Waals surface area (Å²) in [7, 11) is 0. The van der Waals surface area contributed by atoms with Crippen LogP contribution in [0.1, 0.15) is 18.1 Å². The van der Waals surface area contributed by atoms with E-state index in [1.807, 2.05) is 12.1 Å². The molecule has 0 radical (unpaired) electrons. The van der Waals surface area contributed by atoms with Crippen molar-refractivity contribution in [1.29, 1.82) is 5.26 Å². The molecule has 0 amide bonds. The molecule has 29 heavy (non-hydrogen) atoms. The molecule has 4 rings (SSSR count). The van der Waals surface area contributed by atoms with Gasteiger partial charge in [0.05, 0.1) is 36.5 Å². The number of pyridine rings is 1. The zero-order chi connectivity index (χ0) is 20.4. The molecule has 0 spiro atoms. The van der Waals surface area contributed by atoms with Crippen molar-refractivity contribution < 1.29 is 9.50 Å². The average Bonchev–Trinajstić information content (AvgIpc) is 3.30. The zero-order valence-corrected chi connectivity index (χ0v) is 15.6. The van der Waals surface area contributed by atoms with E-state index in [0.717, 1.165) is 10.9 Å². The molecule has 0 aliphatic carbocycles. The van der Waals surface area contributed by atoms with Gasteiger partial charge in [0.25, 0.3) is 0 Å². The fourth-order valence-electron chi connectivity index (χ4n) is 3.05. The maximum Gasteiger partial charge on any atom is 0.153 e. The molecule has 0 saturated carbocycles. The summed E-state index contributed by atoms with van der Waals surface area (Å²) >= 11 is 0. The topological polar surface area (TPSA) is 105 Å².